The molecule has 2 N–H and O–H groups in total. The van der Waals surface area contributed by atoms with Crippen LogP contribution < -0.4 is 15.5 Å². The summed E-state index contributed by atoms with van der Waals surface area (Å²) in [5, 5.41) is 30.2. The Morgan fingerprint density at radius 1 is 1.32 bits per heavy atom. The summed E-state index contributed by atoms with van der Waals surface area (Å²) in [6, 6.07) is 7.50. The predicted molar refractivity (Wildman–Crippen MR) is 139 cm³/mol. The van der Waals surface area contributed by atoms with Gasteiger partial charge in [0.25, 0.3) is 0 Å². The first-order chi connectivity index (χ1) is 18.5. The minimum absolute atomic E-state index is 0.0999. The van der Waals surface area contributed by atoms with Crippen LogP contribution in [0.1, 0.15) is 24.6 Å². The van der Waals surface area contributed by atoms with Gasteiger partial charge in [-0.05, 0) is 25.5 Å². The summed E-state index contributed by atoms with van der Waals surface area (Å²) in [5.41, 5.74) is 2.15. The fourth-order valence-corrected chi connectivity index (χ4v) is 5.14. The second-order valence-corrected chi connectivity index (χ2v) is 9.15. The van der Waals surface area contributed by atoms with E-state index in [1.54, 1.807) is 17.0 Å². The molecule has 1 amide bonds. The molecule has 38 heavy (non-hydrogen) atoms. The topological polar surface area (TPSA) is 157 Å². The van der Waals surface area contributed by atoms with E-state index in [1.807, 2.05) is 11.8 Å². The van der Waals surface area contributed by atoms with Crippen molar-refractivity contribution >= 4 is 46.5 Å². The van der Waals surface area contributed by atoms with E-state index in [0.717, 1.165) is 0 Å². The largest absolute Gasteiger partial charge is 0.453 e. The van der Waals surface area contributed by atoms with Crippen LogP contribution in [0.15, 0.2) is 18.3 Å². The highest BCUT2D eigenvalue weighted by Crippen LogP contribution is 2.38. The lowest BCUT2D eigenvalue weighted by Crippen LogP contribution is -2.60. The molecule has 0 saturated carbocycles. The normalized spacial score (nSPS) is 18.9. The Kier molecular flexibility index (Phi) is 7.05. The molecular weight excluding hydrogens is 512 g/mol. The van der Waals surface area contributed by atoms with Crippen LogP contribution in [0, 0.1) is 22.7 Å². The molecule has 2 fully saturated rings. The maximum atomic E-state index is 12.2. The molecule has 14 heteroatoms. The number of benzene rings is 1. The number of methoxy groups -OCH3 is 1. The quantitative estimate of drug-likeness (QED) is 0.494. The number of halogens is 1. The first kappa shape index (κ1) is 25.3. The van der Waals surface area contributed by atoms with Gasteiger partial charge in [-0.15, -0.1) is 5.10 Å². The Morgan fingerprint density at radius 3 is 2.89 bits per heavy atom. The van der Waals surface area contributed by atoms with Gasteiger partial charge in [-0.3, -0.25) is 0 Å². The van der Waals surface area contributed by atoms with E-state index in [9.17, 15) is 15.3 Å². The van der Waals surface area contributed by atoms with Crippen molar-refractivity contribution in [3.8, 4) is 12.1 Å². The van der Waals surface area contributed by atoms with Crippen molar-refractivity contribution in [2.75, 3.05) is 55.4 Å². The average molecular weight is 537 g/mol. The maximum Gasteiger partial charge on any atom is 0.409 e. The van der Waals surface area contributed by atoms with E-state index in [-0.39, 0.29) is 29.9 Å². The smallest absolute Gasteiger partial charge is 0.409 e. The van der Waals surface area contributed by atoms with Gasteiger partial charge >= 0.3 is 6.09 Å². The first-order valence-electron chi connectivity index (χ1n) is 12.1. The van der Waals surface area contributed by atoms with Crippen LogP contribution in [0.5, 0.6) is 0 Å². The summed E-state index contributed by atoms with van der Waals surface area (Å²) < 4.78 is 12.3. The van der Waals surface area contributed by atoms with Gasteiger partial charge in [-0.1, -0.05) is 11.6 Å². The van der Waals surface area contributed by atoms with E-state index in [4.69, 9.17) is 21.1 Å². The lowest BCUT2D eigenvalue weighted by Gasteiger charge is -2.46. The molecule has 4 heterocycles. The number of nitrogens with zero attached hydrogens (tertiary/aromatic N) is 8. The van der Waals surface area contributed by atoms with Crippen molar-refractivity contribution in [2.24, 2.45) is 0 Å². The number of nitriles is 2. The average Bonchev–Trinajstić information content (AvgIpc) is 3.36. The molecule has 0 spiro atoms. The highest BCUT2D eigenvalue weighted by atomic mass is 35.5. The number of nitrogens with one attached hydrogen (secondary N) is 2. The van der Waals surface area contributed by atoms with Crippen molar-refractivity contribution in [3.05, 3.63) is 34.6 Å². The fourth-order valence-electron chi connectivity index (χ4n) is 4.87. The van der Waals surface area contributed by atoms with Crippen LogP contribution in [-0.2, 0) is 9.47 Å². The van der Waals surface area contributed by atoms with Gasteiger partial charge in [-0.2, -0.15) is 20.0 Å². The van der Waals surface area contributed by atoms with Gasteiger partial charge in [0.1, 0.15) is 6.07 Å². The summed E-state index contributed by atoms with van der Waals surface area (Å²) in [5.74, 6) is 0.625. The number of aromatic nitrogens is 4. The van der Waals surface area contributed by atoms with Crippen LogP contribution >= 0.6 is 11.6 Å². The Bertz CT molecular complexity index is 1460. The number of fused-ring (bicyclic) bond motifs is 2. The Morgan fingerprint density at radius 2 is 2.16 bits per heavy atom. The second kappa shape index (κ2) is 10.6. The fraction of sp³-hybridized carbons (Fsp3) is 0.417. The lowest BCUT2D eigenvalue weighted by atomic mass is 9.97. The molecule has 5 rings (SSSR count). The van der Waals surface area contributed by atoms with E-state index in [0.29, 0.717) is 72.6 Å². The number of piperidine rings is 1. The summed E-state index contributed by atoms with van der Waals surface area (Å²) in [6.45, 7) is 4.48. The number of anilines is 4. The third-order valence-electron chi connectivity index (χ3n) is 6.59. The number of rotatable bonds is 5. The number of carbonyl (C=O) groups excluding carboxylic acids is 1. The second-order valence-electron chi connectivity index (χ2n) is 8.77. The molecule has 0 radical (unpaired) electrons. The molecule has 0 aliphatic carbocycles. The zero-order valence-corrected chi connectivity index (χ0v) is 21.6. The minimum atomic E-state index is -0.362. The Labute approximate surface area is 223 Å². The van der Waals surface area contributed by atoms with Gasteiger partial charge in [0.05, 0.1) is 60.1 Å². The van der Waals surface area contributed by atoms with Gasteiger partial charge < -0.3 is 29.9 Å². The molecule has 1 aromatic carbocycles. The van der Waals surface area contributed by atoms with Crippen LogP contribution in [-0.4, -0.2) is 82.6 Å². The number of hydrogen-bond acceptors (Lipinski definition) is 11. The number of hydrogen-bond donors (Lipinski definition) is 2. The number of amides is 1. The van der Waals surface area contributed by atoms with Gasteiger partial charge in [0.15, 0.2) is 17.2 Å². The Balaban J connectivity index is 1.46. The third kappa shape index (κ3) is 4.58. The van der Waals surface area contributed by atoms with Crippen molar-refractivity contribution < 1.29 is 14.3 Å². The minimum Gasteiger partial charge on any atom is -0.453 e. The van der Waals surface area contributed by atoms with E-state index >= 15 is 0 Å². The molecule has 2 unspecified atom stereocenters. The lowest BCUT2D eigenvalue weighted by molar-refractivity contribution is -0.0681. The first-order valence-corrected chi connectivity index (χ1v) is 12.5. The number of carbonyl (C=O) groups is 1. The van der Waals surface area contributed by atoms with E-state index < -0.39 is 0 Å². The van der Waals surface area contributed by atoms with Crippen LogP contribution in [0.25, 0.3) is 5.65 Å². The zero-order chi connectivity index (χ0) is 26.8. The van der Waals surface area contributed by atoms with Crippen LogP contribution in [0.3, 0.4) is 0 Å². The number of imidazole rings is 1. The summed E-state index contributed by atoms with van der Waals surface area (Å²) in [7, 11) is 1.38. The standard InChI is InChI=1S/C24H25ClN10O3/c1-3-28-21-22-29-12-15(11-27)35(22)32-23(31-21)30-16-8-14(10-26)9-18(20(16)25)33-5-4-17-19(13-33)38-7-6-34(17)24(36)37-2/h8-9,12,17,19H,3-7,13H2,1-2H3,(H2,28,30,31,32). The molecule has 3 aromatic rings. The van der Waals surface area contributed by atoms with Crippen molar-refractivity contribution in [1.29, 1.82) is 10.5 Å². The van der Waals surface area contributed by atoms with Gasteiger partial charge in [0, 0.05) is 26.2 Å². The Hall–Kier alpha value is -4.33. The SMILES string of the molecule is CCNc1nc(Nc2cc(C#N)cc(N3CCC4C(C3)OCCN4C(=O)OC)c2Cl)nn2c(C#N)cnc12. The molecule has 2 atom stereocenters. The van der Waals surface area contributed by atoms with E-state index in [1.165, 1.54) is 17.8 Å². The van der Waals surface area contributed by atoms with Crippen LogP contribution in [0.4, 0.5) is 27.9 Å². The maximum absolute atomic E-state index is 12.2. The summed E-state index contributed by atoms with van der Waals surface area (Å²) in [6.07, 6.45) is 1.49. The van der Waals surface area contributed by atoms with Crippen molar-refractivity contribution in [2.45, 2.75) is 25.5 Å². The summed E-state index contributed by atoms with van der Waals surface area (Å²) >= 11 is 6.87. The monoisotopic (exact) mass is 536 g/mol. The number of ether oxygens (including phenoxy) is 2. The van der Waals surface area contributed by atoms with Gasteiger partial charge in [0.2, 0.25) is 5.95 Å². The zero-order valence-electron chi connectivity index (χ0n) is 20.8. The van der Waals surface area contributed by atoms with Gasteiger partial charge in [-0.25, -0.2) is 9.78 Å². The molecule has 2 aliphatic heterocycles. The van der Waals surface area contributed by atoms with E-state index in [2.05, 4.69) is 37.8 Å². The highest BCUT2D eigenvalue weighted by molar-refractivity contribution is 6.36. The van der Waals surface area contributed by atoms with Crippen molar-refractivity contribution in [1.82, 2.24) is 24.5 Å². The number of morpholine rings is 1. The molecule has 13 nitrogen and oxygen atoms in total. The molecule has 196 valence electrons. The molecule has 2 aromatic heterocycles. The van der Waals surface area contributed by atoms with Crippen molar-refractivity contribution in [3.63, 3.8) is 0 Å². The summed E-state index contributed by atoms with van der Waals surface area (Å²) in [4.78, 5) is 24.7. The molecule has 0 bridgehead atoms. The highest BCUT2D eigenvalue weighted by Gasteiger charge is 2.40. The molecule has 2 aliphatic rings. The van der Waals surface area contributed by atoms with Crippen LogP contribution in [0.2, 0.25) is 5.02 Å². The molecule has 2 saturated heterocycles. The predicted octanol–water partition coefficient (Wildman–Crippen LogP) is 2.74. The third-order valence-corrected chi connectivity index (χ3v) is 6.99. The molecular formula is C24H25ClN10O3.